The number of carbonyl (C=O) groups is 2. The Morgan fingerprint density at radius 3 is 2.46 bits per heavy atom. The summed E-state index contributed by atoms with van der Waals surface area (Å²) in [6.07, 6.45) is 8.27. The van der Waals surface area contributed by atoms with Crippen molar-refractivity contribution in [3.63, 3.8) is 0 Å². The van der Waals surface area contributed by atoms with Crippen LogP contribution in [0.5, 0.6) is 0 Å². The van der Waals surface area contributed by atoms with E-state index in [1.807, 2.05) is 55.6 Å². The number of hydrogen-bond acceptors (Lipinski definition) is 5. The van der Waals surface area contributed by atoms with Crippen molar-refractivity contribution in [2.45, 2.75) is 26.7 Å². The van der Waals surface area contributed by atoms with Crippen LogP contribution in [0, 0.1) is 6.92 Å². The first-order valence-electron chi connectivity index (χ1n) is 12.6. The summed E-state index contributed by atoms with van der Waals surface area (Å²) in [5, 5.41) is 6.61. The lowest BCUT2D eigenvalue weighted by Gasteiger charge is -2.11. The molecule has 0 fully saturated rings. The topological polar surface area (TPSA) is 113 Å². The Bertz CT molecular complexity index is 1700. The number of anilines is 2. The molecule has 0 saturated heterocycles. The van der Waals surface area contributed by atoms with Crippen LogP contribution in [0.2, 0.25) is 0 Å². The predicted octanol–water partition coefficient (Wildman–Crippen LogP) is 6.50. The fraction of sp³-hybridized carbons (Fsp3) is 0.129. The van der Waals surface area contributed by atoms with Crippen molar-refractivity contribution in [1.82, 2.24) is 19.9 Å². The Morgan fingerprint density at radius 2 is 1.74 bits per heavy atom. The molecule has 0 aliphatic heterocycles. The number of rotatable bonds is 7. The number of hydrogen-bond donors (Lipinski definition) is 3. The summed E-state index contributed by atoms with van der Waals surface area (Å²) in [6.45, 7) is 9.61. The van der Waals surface area contributed by atoms with Crippen LogP contribution in [0.3, 0.4) is 0 Å². The van der Waals surface area contributed by atoms with Gasteiger partial charge in [0.25, 0.3) is 5.91 Å². The molecular weight excluding hydrogens is 488 g/mol. The molecule has 3 N–H and O–H groups in total. The molecule has 5 aromatic rings. The number of pyridine rings is 3. The minimum Gasteiger partial charge on any atom is -0.346 e. The monoisotopic (exact) mass is 516 g/mol. The van der Waals surface area contributed by atoms with Crippen molar-refractivity contribution in [2.24, 2.45) is 0 Å². The highest BCUT2D eigenvalue weighted by molar-refractivity contribution is 6.04. The van der Waals surface area contributed by atoms with Gasteiger partial charge >= 0.3 is 0 Å². The largest absolute Gasteiger partial charge is 0.346 e. The van der Waals surface area contributed by atoms with Crippen molar-refractivity contribution in [3.05, 3.63) is 103 Å². The summed E-state index contributed by atoms with van der Waals surface area (Å²) in [5.41, 5.74) is 7.89. The number of fused-ring (bicyclic) bond motifs is 1. The van der Waals surface area contributed by atoms with Gasteiger partial charge in [0, 0.05) is 52.0 Å². The van der Waals surface area contributed by atoms with E-state index in [4.69, 9.17) is 0 Å². The second kappa shape index (κ2) is 10.7. The Kier molecular flexibility index (Phi) is 7.01. The summed E-state index contributed by atoms with van der Waals surface area (Å²) in [4.78, 5) is 41.2. The molecule has 194 valence electrons. The lowest BCUT2D eigenvalue weighted by atomic mass is 10.0. The number of aromatic amines is 1. The fourth-order valence-electron chi connectivity index (χ4n) is 4.27. The van der Waals surface area contributed by atoms with Crippen molar-refractivity contribution in [1.29, 1.82) is 0 Å². The van der Waals surface area contributed by atoms with Gasteiger partial charge in [-0.25, -0.2) is 4.98 Å². The fourth-order valence-corrected chi connectivity index (χ4v) is 4.27. The maximum absolute atomic E-state index is 12.9. The van der Waals surface area contributed by atoms with Crippen LogP contribution in [0.4, 0.5) is 11.4 Å². The van der Waals surface area contributed by atoms with Crippen LogP contribution >= 0.6 is 0 Å². The second-order valence-electron chi connectivity index (χ2n) is 9.56. The number of benzene rings is 1. The number of nitrogens with zero attached hydrogens (tertiary/aromatic N) is 3. The van der Waals surface area contributed by atoms with Crippen molar-refractivity contribution in [2.75, 3.05) is 10.6 Å². The van der Waals surface area contributed by atoms with Crippen LogP contribution in [-0.2, 0) is 4.79 Å². The van der Waals surface area contributed by atoms with Gasteiger partial charge in [-0.2, -0.15) is 0 Å². The highest BCUT2D eigenvalue weighted by Gasteiger charge is 2.14. The molecule has 5 rings (SSSR count). The van der Waals surface area contributed by atoms with E-state index in [1.165, 1.54) is 6.08 Å². The molecule has 0 unspecified atom stereocenters. The zero-order chi connectivity index (χ0) is 27.5. The van der Waals surface area contributed by atoms with Crippen LogP contribution in [-0.4, -0.2) is 31.8 Å². The van der Waals surface area contributed by atoms with Gasteiger partial charge in [-0.15, -0.1) is 0 Å². The molecule has 2 amide bonds. The van der Waals surface area contributed by atoms with Gasteiger partial charge in [-0.3, -0.25) is 19.6 Å². The quantitative estimate of drug-likeness (QED) is 0.214. The first kappa shape index (κ1) is 25.5. The zero-order valence-corrected chi connectivity index (χ0v) is 21.9. The molecule has 39 heavy (non-hydrogen) atoms. The molecule has 4 aromatic heterocycles. The number of nitrogens with one attached hydrogen (secondary N) is 3. The van der Waals surface area contributed by atoms with E-state index in [0.29, 0.717) is 23.0 Å². The standard InChI is InChI=1S/C31H28N6O2/c1-5-29(38)36-23-8-6-7-20(12-23)22-13-24-25(16-35-30(24)34-15-22)21-9-10-26(32-14-21)31(39)37-28-17-33-27(18(2)3)11-19(28)4/h5-18H,1H2,2-4H3,(H,34,35)(H,36,38)(H,37,39). The van der Waals surface area contributed by atoms with Gasteiger partial charge in [0.05, 0.1) is 11.9 Å². The van der Waals surface area contributed by atoms with Crippen molar-refractivity contribution < 1.29 is 9.59 Å². The van der Waals surface area contributed by atoms with Gasteiger partial charge in [0.15, 0.2) is 0 Å². The Hall–Kier alpha value is -5.11. The van der Waals surface area contributed by atoms with Crippen molar-refractivity contribution >= 4 is 34.2 Å². The average Bonchev–Trinajstić information content (AvgIpc) is 3.37. The molecule has 1 aromatic carbocycles. The Morgan fingerprint density at radius 1 is 0.923 bits per heavy atom. The first-order chi connectivity index (χ1) is 18.8. The zero-order valence-electron chi connectivity index (χ0n) is 21.9. The molecule has 0 aliphatic carbocycles. The molecule has 4 heterocycles. The Balaban J connectivity index is 1.38. The van der Waals surface area contributed by atoms with Crippen LogP contribution in [0.25, 0.3) is 33.3 Å². The normalized spacial score (nSPS) is 11.0. The van der Waals surface area contributed by atoms with Crippen LogP contribution < -0.4 is 10.6 Å². The summed E-state index contributed by atoms with van der Waals surface area (Å²) in [6, 6.07) is 15.2. The third kappa shape index (κ3) is 5.45. The smallest absolute Gasteiger partial charge is 0.274 e. The highest BCUT2D eigenvalue weighted by atomic mass is 16.2. The maximum atomic E-state index is 12.9. The summed E-state index contributed by atoms with van der Waals surface area (Å²) in [7, 11) is 0. The number of H-pyrrole nitrogens is 1. The second-order valence-corrected chi connectivity index (χ2v) is 9.56. The molecule has 8 heteroatoms. The molecule has 8 nitrogen and oxygen atoms in total. The number of carbonyl (C=O) groups excluding carboxylic acids is 2. The lowest BCUT2D eigenvalue weighted by Crippen LogP contribution is -2.14. The molecule has 0 aliphatic rings. The Labute approximate surface area is 226 Å². The van der Waals surface area contributed by atoms with Gasteiger partial charge in [0.2, 0.25) is 5.91 Å². The van der Waals surface area contributed by atoms with E-state index in [9.17, 15) is 9.59 Å². The van der Waals surface area contributed by atoms with E-state index < -0.39 is 0 Å². The molecule has 0 bridgehead atoms. The van der Waals surface area contributed by atoms with Crippen molar-refractivity contribution in [3.8, 4) is 22.3 Å². The highest BCUT2D eigenvalue weighted by Crippen LogP contribution is 2.31. The summed E-state index contributed by atoms with van der Waals surface area (Å²) in [5.74, 6) is -0.252. The van der Waals surface area contributed by atoms with Gasteiger partial charge in [0.1, 0.15) is 11.3 Å². The van der Waals surface area contributed by atoms with E-state index in [0.717, 1.165) is 44.5 Å². The molecular formula is C31H28N6O2. The average molecular weight is 517 g/mol. The van der Waals surface area contributed by atoms with Gasteiger partial charge < -0.3 is 15.6 Å². The van der Waals surface area contributed by atoms with E-state index in [1.54, 1.807) is 24.7 Å². The third-order valence-electron chi connectivity index (χ3n) is 6.46. The van der Waals surface area contributed by atoms with Crippen LogP contribution in [0.15, 0.2) is 86.0 Å². The van der Waals surface area contributed by atoms with E-state index in [2.05, 4.69) is 51.0 Å². The van der Waals surface area contributed by atoms with E-state index in [-0.39, 0.29) is 11.8 Å². The minimum absolute atomic E-state index is 0.269. The third-order valence-corrected chi connectivity index (χ3v) is 6.46. The first-order valence-corrected chi connectivity index (χ1v) is 12.6. The summed E-state index contributed by atoms with van der Waals surface area (Å²) >= 11 is 0. The summed E-state index contributed by atoms with van der Waals surface area (Å²) < 4.78 is 0. The molecule has 0 atom stereocenters. The number of aryl methyl sites for hydroxylation is 1. The minimum atomic E-state index is -0.296. The van der Waals surface area contributed by atoms with Gasteiger partial charge in [-0.1, -0.05) is 38.6 Å². The molecule has 0 radical (unpaired) electrons. The predicted molar refractivity (Wildman–Crippen MR) is 155 cm³/mol. The molecule has 0 spiro atoms. The van der Waals surface area contributed by atoms with Gasteiger partial charge in [-0.05, 0) is 60.4 Å². The number of amides is 2. The SMILES string of the molecule is C=CC(=O)Nc1cccc(-c2cnc3[nH]cc(-c4ccc(C(=O)Nc5cnc(C(C)C)cc5C)nc4)c3c2)c1. The molecule has 0 saturated carbocycles. The van der Waals surface area contributed by atoms with E-state index >= 15 is 0 Å². The lowest BCUT2D eigenvalue weighted by molar-refractivity contribution is -0.111. The maximum Gasteiger partial charge on any atom is 0.274 e. The number of aromatic nitrogens is 4. The van der Waals surface area contributed by atoms with Crippen LogP contribution in [0.1, 0.15) is 41.5 Å².